The highest BCUT2D eigenvalue weighted by Crippen LogP contribution is 2.24. The highest BCUT2D eigenvalue weighted by atomic mass is 16.5. The van der Waals surface area contributed by atoms with Crippen molar-refractivity contribution in [1.29, 1.82) is 0 Å². The summed E-state index contributed by atoms with van der Waals surface area (Å²) in [6.45, 7) is 4.46. The van der Waals surface area contributed by atoms with Crippen molar-refractivity contribution in [1.82, 2.24) is 9.97 Å². The predicted octanol–water partition coefficient (Wildman–Crippen LogP) is 2.76. The highest BCUT2D eigenvalue weighted by Gasteiger charge is 2.21. The molecule has 1 aliphatic rings. The number of aryl methyl sites for hydroxylation is 1. The van der Waals surface area contributed by atoms with Gasteiger partial charge < -0.3 is 10.1 Å². The minimum atomic E-state index is 0.399. The molecule has 0 saturated heterocycles. The molecule has 1 N–H and O–H groups in total. The van der Waals surface area contributed by atoms with E-state index in [9.17, 15) is 0 Å². The third-order valence-electron chi connectivity index (χ3n) is 3.51. The smallest absolute Gasteiger partial charge is 0.218 e. The maximum atomic E-state index is 5.46. The summed E-state index contributed by atoms with van der Waals surface area (Å²) in [5.41, 5.74) is 2.86. The average molecular weight is 269 g/mol. The lowest BCUT2D eigenvalue weighted by atomic mass is 10.1. The molecular formula is C16H19N3O. The number of ether oxygens (including phenoxy) is 1. The Balaban J connectivity index is 1.73. The number of nitrogens with zero attached hydrogens (tertiary/aromatic N) is 2. The molecule has 0 bridgehead atoms. The van der Waals surface area contributed by atoms with Crippen molar-refractivity contribution in [3.63, 3.8) is 0 Å². The van der Waals surface area contributed by atoms with Crippen LogP contribution in [0.15, 0.2) is 30.3 Å². The zero-order chi connectivity index (χ0) is 13.9. The molecule has 0 atom stereocenters. The van der Waals surface area contributed by atoms with E-state index in [1.165, 1.54) is 11.1 Å². The Morgan fingerprint density at radius 2 is 1.90 bits per heavy atom. The number of aromatic nitrogens is 2. The van der Waals surface area contributed by atoms with Gasteiger partial charge in [0.15, 0.2) is 0 Å². The van der Waals surface area contributed by atoms with Crippen LogP contribution in [-0.2, 0) is 12.8 Å². The van der Waals surface area contributed by atoms with E-state index in [-0.39, 0.29) is 0 Å². The summed E-state index contributed by atoms with van der Waals surface area (Å²) in [6.07, 6.45) is 2.09. The molecule has 0 spiro atoms. The highest BCUT2D eigenvalue weighted by molar-refractivity contribution is 5.43. The van der Waals surface area contributed by atoms with Gasteiger partial charge in [0.05, 0.1) is 6.61 Å². The van der Waals surface area contributed by atoms with E-state index >= 15 is 0 Å². The van der Waals surface area contributed by atoms with Crippen LogP contribution in [0.5, 0.6) is 5.88 Å². The van der Waals surface area contributed by atoms with E-state index in [1.54, 1.807) is 0 Å². The van der Waals surface area contributed by atoms with Crippen molar-refractivity contribution in [2.45, 2.75) is 32.7 Å². The van der Waals surface area contributed by atoms with Gasteiger partial charge in [-0.3, -0.25) is 0 Å². The molecule has 3 rings (SSSR count). The third kappa shape index (κ3) is 2.74. The fourth-order valence-electron chi connectivity index (χ4n) is 2.71. The Kier molecular flexibility index (Phi) is 3.54. The Labute approximate surface area is 119 Å². The van der Waals surface area contributed by atoms with Crippen LogP contribution in [0.4, 0.5) is 5.82 Å². The van der Waals surface area contributed by atoms with Crippen LogP contribution in [0.3, 0.4) is 0 Å². The van der Waals surface area contributed by atoms with Crippen LogP contribution in [0.2, 0.25) is 0 Å². The Morgan fingerprint density at radius 3 is 2.55 bits per heavy atom. The predicted molar refractivity (Wildman–Crippen MR) is 79.2 cm³/mol. The first kappa shape index (κ1) is 12.9. The molecule has 1 aromatic carbocycles. The first-order valence-corrected chi connectivity index (χ1v) is 7.06. The zero-order valence-electron chi connectivity index (χ0n) is 11.9. The number of anilines is 1. The van der Waals surface area contributed by atoms with Crippen molar-refractivity contribution in [3.8, 4) is 5.88 Å². The van der Waals surface area contributed by atoms with Gasteiger partial charge in [-0.05, 0) is 37.8 Å². The summed E-state index contributed by atoms with van der Waals surface area (Å²) in [4.78, 5) is 8.70. The minimum absolute atomic E-state index is 0.399. The minimum Gasteiger partial charge on any atom is -0.478 e. The fourth-order valence-corrected chi connectivity index (χ4v) is 2.71. The monoisotopic (exact) mass is 269 g/mol. The second-order valence-corrected chi connectivity index (χ2v) is 5.09. The summed E-state index contributed by atoms with van der Waals surface area (Å²) in [5.74, 6) is 2.21. The van der Waals surface area contributed by atoms with Gasteiger partial charge in [-0.25, -0.2) is 4.98 Å². The molecule has 104 valence electrons. The van der Waals surface area contributed by atoms with Crippen LogP contribution in [0.25, 0.3) is 0 Å². The van der Waals surface area contributed by atoms with Crippen LogP contribution < -0.4 is 10.1 Å². The standard InChI is InChI=1S/C16H19N3O/c1-3-20-16-10-15(17-11(2)18-16)19-14-8-12-6-4-5-7-13(12)9-14/h4-7,10,14H,3,8-9H2,1-2H3,(H,17,18,19). The quantitative estimate of drug-likeness (QED) is 0.927. The van der Waals surface area contributed by atoms with Crippen molar-refractivity contribution in [2.75, 3.05) is 11.9 Å². The lowest BCUT2D eigenvalue weighted by molar-refractivity contribution is 0.325. The van der Waals surface area contributed by atoms with Crippen LogP contribution >= 0.6 is 0 Å². The number of hydrogen-bond donors (Lipinski definition) is 1. The maximum Gasteiger partial charge on any atom is 0.218 e. The Morgan fingerprint density at radius 1 is 1.20 bits per heavy atom. The van der Waals surface area contributed by atoms with E-state index < -0.39 is 0 Å². The number of nitrogens with one attached hydrogen (secondary N) is 1. The van der Waals surface area contributed by atoms with Gasteiger partial charge in [0.25, 0.3) is 0 Å². The van der Waals surface area contributed by atoms with E-state index in [0.29, 0.717) is 18.5 Å². The van der Waals surface area contributed by atoms with Gasteiger partial charge in [0.1, 0.15) is 11.6 Å². The summed E-state index contributed by atoms with van der Waals surface area (Å²) in [6, 6.07) is 10.9. The second kappa shape index (κ2) is 5.49. The zero-order valence-corrected chi connectivity index (χ0v) is 11.9. The lowest BCUT2D eigenvalue weighted by Gasteiger charge is -2.14. The number of fused-ring (bicyclic) bond motifs is 1. The SMILES string of the molecule is CCOc1cc(NC2Cc3ccccc3C2)nc(C)n1. The molecule has 0 amide bonds. The normalized spacial score (nSPS) is 14.1. The van der Waals surface area contributed by atoms with Crippen LogP contribution in [0.1, 0.15) is 23.9 Å². The fraction of sp³-hybridized carbons (Fsp3) is 0.375. The van der Waals surface area contributed by atoms with Crippen LogP contribution in [0, 0.1) is 6.92 Å². The second-order valence-electron chi connectivity index (χ2n) is 5.09. The molecular weight excluding hydrogens is 250 g/mol. The molecule has 0 radical (unpaired) electrons. The summed E-state index contributed by atoms with van der Waals surface area (Å²) < 4.78 is 5.46. The average Bonchev–Trinajstić information content (AvgIpc) is 2.80. The van der Waals surface area contributed by atoms with E-state index in [0.717, 1.165) is 24.5 Å². The molecule has 0 saturated carbocycles. The summed E-state index contributed by atoms with van der Waals surface area (Å²) in [7, 11) is 0. The van der Waals surface area contributed by atoms with Crippen molar-refractivity contribution in [3.05, 3.63) is 47.3 Å². The molecule has 20 heavy (non-hydrogen) atoms. The van der Waals surface area contributed by atoms with E-state index in [2.05, 4.69) is 39.6 Å². The van der Waals surface area contributed by atoms with E-state index in [4.69, 9.17) is 4.74 Å². The largest absolute Gasteiger partial charge is 0.478 e. The topological polar surface area (TPSA) is 47.0 Å². The molecule has 1 aliphatic carbocycles. The van der Waals surface area contributed by atoms with Gasteiger partial charge in [-0.2, -0.15) is 4.98 Å². The lowest BCUT2D eigenvalue weighted by Crippen LogP contribution is -2.20. The Bertz CT molecular complexity index is 587. The summed E-state index contributed by atoms with van der Waals surface area (Å²) >= 11 is 0. The molecule has 0 unspecified atom stereocenters. The van der Waals surface area contributed by atoms with Gasteiger partial charge in [0.2, 0.25) is 5.88 Å². The van der Waals surface area contributed by atoms with Gasteiger partial charge >= 0.3 is 0 Å². The molecule has 4 nitrogen and oxygen atoms in total. The number of rotatable bonds is 4. The maximum absolute atomic E-state index is 5.46. The Hall–Kier alpha value is -2.10. The van der Waals surface area contributed by atoms with Gasteiger partial charge in [-0.15, -0.1) is 0 Å². The van der Waals surface area contributed by atoms with Crippen molar-refractivity contribution in [2.24, 2.45) is 0 Å². The first-order valence-electron chi connectivity index (χ1n) is 7.06. The molecule has 4 heteroatoms. The number of benzene rings is 1. The van der Waals surface area contributed by atoms with E-state index in [1.807, 2.05) is 19.9 Å². The first-order chi connectivity index (χ1) is 9.74. The van der Waals surface area contributed by atoms with Crippen molar-refractivity contribution < 1.29 is 4.74 Å². The molecule has 2 aromatic rings. The molecule has 1 aromatic heterocycles. The summed E-state index contributed by atoms with van der Waals surface area (Å²) in [5, 5.41) is 3.50. The van der Waals surface area contributed by atoms with Gasteiger partial charge in [0, 0.05) is 12.1 Å². The molecule has 0 fully saturated rings. The van der Waals surface area contributed by atoms with Crippen molar-refractivity contribution >= 4 is 5.82 Å². The molecule has 1 heterocycles. The van der Waals surface area contributed by atoms with Gasteiger partial charge in [-0.1, -0.05) is 24.3 Å². The third-order valence-corrected chi connectivity index (χ3v) is 3.51. The number of hydrogen-bond acceptors (Lipinski definition) is 4. The molecule has 0 aliphatic heterocycles. The van der Waals surface area contributed by atoms with Crippen LogP contribution in [-0.4, -0.2) is 22.6 Å².